The summed E-state index contributed by atoms with van der Waals surface area (Å²) in [6.07, 6.45) is -0.317. The van der Waals surface area contributed by atoms with Crippen molar-refractivity contribution >= 4 is 33.7 Å². The molecule has 166 valence electrons. The van der Waals surface area contributed by atoms with Gasteiger partial charge in [-0.15, -0.1) is 0 Å². The van der Waals surface area contributed by atoms with E-state index in [-0.39, 0.29) is 31.5 Å². The third-order valence-electron chi connectivity index (χ3n) is 5.15. The van der Waals surface area contributed by atoms with E-state index in [0.29, 0.717) is 5.56 Å². The van der Waals surface area contributed by atoms with E-state index in [1.165, 1.54) is 6.92 Å². The highest BCUT2D eigenvalue weighted by atomic mass is 79.9. The minimum Gasteiger partial charge on any atom is -0.465 e. The second-order valence-corrected chi connectivity index (χ2v) is 10.00. The van der Waals surface area contributed by atoms with Crippen LogP contribution in [-0.2, 0) is 23.9 Å². The van der Waals surface area contributed by atoms with Gasteiger partial charge in [0, 0.05) is 16.8 Å². The number of ether oxygens (including phenoxy) is 2. The van der Waals surface area contributed by atoms with Crippen molar-refractivity contribution in [3.63, 3.8) is 0 Å². The number of rotatable bonds is 7. The Morgan fingerprint density at radius 1 is 1.07 bits per heavy atom. The quantitative estimate of drug-likeness (QED) is 0.468. The Labute approximate surface area is 186 Å². The van der Waals surface area contributed by atoms with Crippen LogP contribution in [0.2, 0.25) is 0 Å². The van der Waals surface area contributed by atoms with Crippen molar-refractivity contribution in [2.24, 2.45) is 23.7 Å². The van der Waals surface area contributed by atoms with Gasteiger partial charge >= 0.3 is 11.9 Å². The smallest absolute Gasteiger partial charge is 0.317 e. The third-order valence-corrected chi connectivity index (χ3v) is 5.68. The van der Waals surface area contributed by atoms with Gasteiger partial charge in [-0.05, 0) is 36.5 Å². The molecule has 6 nitrogen and oxygen atoms in total. The summed E-state index contributed by atoms with van der Waals surface area (Å²) in [5.41, 5.74) is -1.04. The van der Waals surface area contributed by atoms with Gasteiger partial charge in [-0.2, -0.15) is 0 Å². The molecule has 2 rings (SSSR count). The van der Waals surface area contributed by atoms with E-state index in [2.05, 4.69) is 15.9 Å². The second-order valence-electron chi connectivity index (χ2n) is 9.08. The number of ketones is 1. The van der Waals surface area contributed by atoms with Crippen molar-refractivity contribution in [3.8, 4) is 0 Å². The molecule has 0 saturated heterocycles. The lowest BCUT2D eigenvalue weighted by atomic mass is 9.62. The number of carbonyl (C=O) groups is 3. The average molecular weight is 483 g/mol. The van der Waals surface area contributed by atoms with Gasteiger partial charge in [0.15, 0.2) is 5.78 Å². The molecule has 1 fully saturated rings. The van der Waals surface area contributed by atoms with E-state index in [4.69, 9.17) is 9.47 Å². The molecular weight excluding hydrogens is 452 g/mol. The van der Waals surface area contributed by atoms with Crippen LogP contribution in [0.25, 0.3) is 0 Å². The average Bonchev–Trinajstić information content (AvgIpc) is 2.63. The number of hydrogen-bond acceptors (Lipinski definition) is 6. The second kappa shape index (κ2) is 10.1. The fraction of sp³-hybridized carbons (Fsp3) is 0.609. The number of hydrogen-bond donors (Lipinski definition) is 1. The van der Waals surface area contributed by atoms with Gasteiger partial charge in [-0.25, -0.2) is 0 Å². The fourth-order valence-electron chi connectivity index (χ4n) is 3.78. The van der Waals surface area contributed by atoms with E-state index >= 15 is 0 Å². The molecule has 0 aromatic heterocycles. The number of halogens is 1. The van der Waals surface area contributed by atoms with Gasteiger partial charge in [0.2, 0.25) is 0 Å². The minimum absolute atomic E-state index is 0.105. The predicted molar refractivity (Wildman–Crippen MR) is 116 cm³/mol. The molecule has 0 bridgehead atoms. The SMILES string of the molecule is CC(C)COC(=O)[C@H]1C(=O)C[C@](C)(O)[C@H](C(=O)OCC(C)C)[C@@H]1c1ccc(Br)cc1. The standard InChI is InChI=1S/C23H31BrO6/c1-13(2)11-29-21(26)19-17(25)10-23(5,28)20(22(27)30-12-14(3)4)18(19)15-6-8-16(24)9-7-15/h6-9,13-14,18-20,28H,10-12H2,1-5H3/t18-,19+,20+,23+/m1/s1. The maximum absolute atomic E-state index is 13.1. The van der Waals surface area contributed by atoms with E-state index < -0.39 is 41.1 Å². The van der Waals surface area contributed by atoms with E-state index in [1.807, 2.05) is 27.7 Å². The van der Waals surface area contributed by atoms with Crippen molar-refractivity contribution < 1.29 is 29.0 Å². The number of benzene rings is 1. The molecule has 0 amide bonds. The zero-order valence-electron chi connectivity index (χ0n) is 18.2. The van der Waals surface area contributed by atoms with Crippen molar-refractivity contribution in [2.75, 3.05) is 13.2 Å². The fourth-order valence-corrected chi connectivity index (χ4v) is 4.04. The predicted octanol–water partition coefficient (Wildman–Crippen LogP) is 3.89. The summed E-state index contributed by atoms with van der Waals surface area (Å²) in [5, 5.41) is 11.1. The van der Waals surface area contributed by atoms with Crippen LogP contribution >= 0.6 is 15.9 Å². The summed E-state index contributed by atoms with van der Waals surface area (Å²) in [6, 6.07) is 7.04. The van der Waals surface area contributed by atoms with Crippen molar-refractivity contribution in [1.82, 2.24) is 0 Å². The Morgan fingerprint density at radius 2 is 1.57 bits per heavy atom. The monoisotopic (exact) mass is 482 g/mol. The van der Waals surface area contributed by atoms with Gasteiger partial charge in [0.1, 0.15) is 5.92 Å². The van der Waals surface area contributed by atoms with Crippen molar-refractivity contribution in [2.45, 2.75) is 52.6 Å². The molecular formula is C23H31BrO6. The number of Topliss-reactive ketones (excluding diaryl/α,β-unsaturated/α-hetero) is 1. The van der Waals surface area contributed by atoms with E-state index in [0.717, 1.165) is 4.47 Å². The molecule has 30 heavy (non-hydrogen) atoms. The lowest BCUT2D eigenvalue weighted by Crippen LogP contribution is -2.55. The molecule has 0 heterocycles. The summed E-state index contributed by atoms with van der Waals surface area (Å²) in [7, 11) is 0. The maximum atomic E-state index is 13.1. The Morgan fingerprint density at radius 3 is 2.07 bits per heavy atom. The molecule has 1 aromatic carbocycles. The van der Waals surface area contributed by atoms with Crippen molar-refractivity contribution in [1.29, 1.82) is 0 Å². The largest absolute Gasteiger partial charge is 0.465 e. The molecule has 1 aliphatic rings. The Kier molecular flexibility index (Phi) is 8.22. The van der Waals surface area contributed by atoms with Crippen LogP contribution in [0.4, 0.5) is 0 Å². The minimum atomic E-state index is -1.64. The summed E-state index contributed by atoms with van der Waals surface area (Å²) in [6.45, 7) is 9.44. The normalized spacial score (nSPS) is 26.7. The first-order chi connectivity index (χ1) is 13.9. The van der Waals surface area contributed by atoms with Crippen molar-refractivity contribution in [3.05, 3.63) is 34.3 Å². The Hall–Kier alpha value is -1.73. The van der Waals surface area contributed by atoms with Crippen LogP contribution in [0.3, 0.4) is 0 Å². The lowest BCUT2D eigenvalue weighted by molar-refractivity contribution is -0.173. The molecule has 0 unspecified atom stereocenters. The van der Waals surface area contributed by atoms with Crippen LogP contribution < -0.4 is 0 Å². The van der Waals surface area contributed by atoms with Crippen LogP contribution in [-0.4, -0.2) is 41.6 Å². The molecule has 1 aliphatic carbocycles. The Balaban J connectivity index is 2.51. The van der Waals surface area contributed by atoms with Gasteiger partial charge < -0.3 is 14.6 Å². The molecule has 4 atom stereocenters. The van der Waals surface area contributed by atoms with E-state index in [1.54, 1.807) is 24.3 Å². The number of aliphatic hydroxyl groups is 1. The van der Waals surface area contributed by atoms with Gasteiger partial charge in [0.25, 0.3) is 0 Å². The summed E-state index contributed by atoms with van der Waals surface area (Å²) < 4.78 is 11.6. The highest BCUT2D eigenvalue weighted by Crippen LogP contribution is 2.47. The Bertz CT molecular complexity index is 768. The highest BCUT2D eigenvalue weighted by molar-refractivity contribution is 9.10. The van der Waals surface area contributed by atoms with Crippen LogP contribution in [0.15, 0.2) is 28.7 Å². The van der Waals surface area contributed by atoms with Gasteiger partial charge in [-0.3, -0.25) is 14.4 Å². The van der Waals surface area contributed by atoms with Crippen LogP contribution in [0.1, 0.15) is 52.5 Å². The van der Waals surface area contributed by atoms with Gasteiger partial charge in [-0.1, -0.05) is 55.8 Å². The number of esters is 2. The molecule has 1 saturated carbocycles. The molecule has 1 aromatic rings. The zero-order chi connectivity index (χ0) is 22.6. The highest BCUT2D eigenvalue weighted by Gasteiger charge is 2.57. The maximum Gasteiger partial charge on any atom is 0.317 e. The van der Waals surface area contributed by atoms with E-state index in [9.17, 15) is 19.5 Å². The molecule has 0 aliphatic heterocycles. The van der Waals surface area contributed by atoms with Crippen LogP contribution in [0, 0.1) is 23.7 Å². The van der Waals surface area contributed by atoms with Gasteiger partial charge in [0.05, 0.1) is 24.7 Å². The first-order valence-electron chi connectivity index (χ1n) is 10.3. The summed E-state index contributed by atoms with van der Waals surface area (Å²) in [5.74, 6) is -4.64. The van der Waals surface area contributed by atoms with Crippen LogP contribution in [0.5, 0.6) is 0 Å². The summed E-state index contributed by atoms with van der Waals surface area (Å²) in [4.78, 5) is 38.9. The topological polar surface area (TPSA) is 89.9 Å². The summed E-state index contributed by atoms with van der Waals surface area (Å²) >= 11 is 3.37. The first-order valence-corrected chi connectivity index (χ1v) is 11.1. The first kappa shape index (κ1) is 24.5. The molecule has 0 radical (unpaired) electrons. The molecule has 1 N–H and O–H groups in total. The molecule has 7 heteroatoms. The number of carbonyl (C=O) groups excluding carboxylic acids is 3. The third kappa shape index (κ3) is 5.91. The molecule has 0 spiro atoms. The zero-order valence-corrected chi connectivity index (χ0v) is 19.8. The lowest BCUT2D eigenvalue weighted by Gasteiger charge is -2.43.